The Morgan fingerprint density at radius 2 is 1.76 bits per heavy atom. The molecule has 0 radical (unpaired) electrons. The fraction of sp³-hybridized carbons (Fsp3) is 0.318. The van der Waals surface area contributed by atoms with Gasteiger partial charge < -0.3 is 9.80 Å². The zero-order valence-electron chi connectivity index (χ0n) is 16.6. The van der Waals surface area contributed by atoms with Crippen molar-refractivity contribution >= 4 is 34.0 Å². The number of piperazine rings is 1. The van der Waals surface area contributed by atoms with Crippen molar-refractivity contribution in [3.8, 4) is 0 Å². The molecule has 1 saturated heterocycles. The van der Waals surface area contributed by atoms with E-state index in [9.17, 15) is 9.59 Å². The fourth-order valence-corrected chi connectivity index (χ4v) is 4.05. The third-order valence-electron chi connectivity index (χ3n) is 5.50. The molecule has 0 atom stereocenters. The fourth-order valence-electron chi connectivity index (χ4n) is 3.88. The van der Waals surface area contributed by atoms with Crippen LogP contribution in [0.1, 0.15) is 11.3 Å². The third kappa shape index (κ3) is 3.85. The normalized spacial score (nSPS) is 14.4. The van der Waals surface area contributed by atoms with Gasteiger partial charge in [-0.1, -0.05) is 35.9 Å². The van der Waals surface area contributed by atoms with Crippen molar-refractivity contribution < 1.29 is 4.79 Å². The number of nitrogens with zero attached hydrogens (tertiary/aromatic N) is 4. The van der Waals surface area contributed by atoms with Gasteiger partial charge in [0.15, 0.2) is 0 Å². The van der Waals surface area contributed by atoms with Crippen molar-refractivity contribution in [2.45, 2.75) is 13.3 Å². The number of carbonyl (C=O) groups excluding carboxylic acids is 1. The minimum atomic E-state index is -0.151. The first kappa shape index (κ1) is 19.5. The third-order valence-corrected chi connectivity index (χ3v) is 5.73. The summed E-state index contributed by atoms with van der Waals surface area (Å²) in [6, 6.07) is 13.2. The number of aromatic nitrogens is 2. The van der Waals surface area contributed by atoms with Crippen molar-refractivity contribution in [1.29, 1.82) is 0 Å². The van der Waals surface area contributed by atoms with Crippen LogP contribution >= 0.6 is 11.6 Å². The van der Waals surface area contributed by atoms with Gasteiger partial charge in [0.2, 0.25) is 5.91 Å². The van der Waals surface area contributed by atoms with Gasteiger partial charge in [0.05, 0.1) is 17.5 Å². The van der Waals surface area contributed by atoms with Crippen molar-refractivity contribution in [3.63, 3.8) is 0 Å². The Balaban J connectivity index is 1.49. The summed E-state index contributed by atoms with van der Waals surface area (Å²) in [4.78, 5) is 29.4. The highest BCUT2D eigenvalue weighted by atomic mass is 35.5. The monoisotopic (exact) mass is 410 g/mol. The lowest BCUT2D eigenvalue weighted by Crippen LogP contribution is -2.49. The lowest BCUT2D eigenvalue weighted by Gasteiger charge is -2.37. The SMILES string of the molecule is Cc1ccc(Cl)cc1N1CCN(C(=O)Cc2nn(C)c(=O)c3ccccc23)CC1. The number of fused-ring (bicyclic) bond motifs is 1. The van der Waals surface area contributed by atoms with Crippen LogP contribution in [0.25, 0.3) is 10.8 Å². The number of amides is 1. The van der Waals surface area contributed by atoms with E-state index in [0.717, 1.165) is 29.2 Å². The summed E-state index contributed by atoms with van der Waals surface area (Å²) in [7, 11) is 1.62. The number of hydrogen-bond donors (Lipinski definition) is 0. The first-order chi connectivity index (χ1) is 13.9. The van der Waals surface area contributed by atoms with E-state index in [1.807, 2.05) is 41.3 Å². The quantitative estimate of drug-likeness (QED) is 0.666. The zero-order valence-corrected chi connectivity index (χ0v) is 17.3. The molecular weight excluding hydrogens is 388 g/mol. The minimum absolute atomic E-state index is 0.0313. The molecule has 2 aromatic carbocycles. The predicted molar refractivity (Wildman–Crippen MR) is 116 cm³/mol. The number of anilines is 1. The van der Waals surface area contributed by atoms with Crippen molar-refractivity contribution in [1.82, 2.24) is 14.7 Å². The minimum Gasteiger partial charge on any atom is -0.368 e. The Labute approximate surface area is 174 Å². The molecule has 0 N–H and O–H groups in total. The van der Waals surface area contributed by atoms with E-state index in [1.165, 1.54) is 10.2 Å². The maximum atomic E-state index is 12.9. The van der Waals surface area contributed by atoms with Crippen LogP contribution in [0, 0.1) is 6.92 Å². The average molecular weight is 411 g/mol. The lowest BCUT2D eigenvalue weighted by atomic mass is 10.1. The van der Waals surface area contributed by atoms with Gasteiger partial charge in [0.25, 0.3) is 5.56 Å². The maximum Gasteiger partial charge on any atom is 0.274 e. The van der Waals surface area contributed by atoms with Gasteiger partial charge >= 0.3 is 0 Å². The summed E-state index contributed by atoms with van der Waals surface area (Å²) in [5, 5.41) is 6.41. The Hall–Kier alpha value is -2.86. The van der Waals surface area contributed by atoms with Crippen molar-refractivity contribution in [2.24, 2.45) is 7.05 Å². The number of benzene rings is 2. The molecule has 4 rings (SSSR count). The second-order valence-electron chi connectivity index (χ2n) is 7.40. The Morgan fingerprint density at radius 3 is 2.48 bits per heavy atom. The number of hydrogen-bond acceptors (Lipinski definition) is 4. The topological polar surface area (TPSA) is 58.4 Å². The first-order valence-electron chi connectivity index (χ1n) is 9.68. The van der Waals surface area contributed by atoms with E-state index < -0.39 is 0 Å². The first-order valence-corrected chi connectivity index (χ1v) is 10.1. The summed E-state index contributed by atoms with van der Waals surface area (Å²) < 4.78 is 1.31. The van der Waals surface area contributed by atoms with Crippen LogP contribution in [0.5, 0.6) is 0 Å². The Bertz CT molecular complexity index is 1130. The lowest BCUT2D eigenvalue weighted by molar-refractivity contribution is -0.130. The molecule has 0 spiro atoms. The van der Waals surface area contributed by atoms with Crippen molar-refractivity contribution in [2.75, 3.05) is 31.1 Å². The molecular formula is C22H23ClN4O2. The zero-order chi connectivity index (χ0) is 20.5. The standard InChI is InChI=1S/C22H23ClN4O2/c1-15-7-8-16(23)13-20(15)26-9-11-27(12-10-26)21(28)14-19-17-5-3-4-6-18(17)22(29)25(2)24-19/h3-8,13H,9-12,14H2,1-2H3. The highest BCUT2D eigenvalue weighted by molar-refractivity contribution is 6.30. The van der Waals surface area contributed by atoms with Crippen LogP contribution in [-0.2, 0) is 18.3 Å². The Morgan fingerprint density at radius 1 is 1.07 bits per heavy atom. The van der Waals surface area contributed by atoms with Crippen LogP contribution in [0.2, 0.25) is 5.02 Å². The van der Waals surface area contributed by atoms with Crippen LogP contribution in [0.4, 0.5) is 5.69 Å². The maximum absolute atomic E-state index is 12.9. The van der Waals surface area contributed by atoms with Crippen LogP contribution in [-0.4, -0.2) is 46.8 Å². The van der Waals surface area contributed by atoms with Gasteiger partial charge in [-0.15, -0.1) is 0 Å². The van der Waals surface area contributed by atoms with E-state index >= 15 is 0 Å². The second kappa shape index (κ2) is 7.87. The molecule has 1 aliphatic rings. The number of aryl methyl sites for hydroxylation is 2. The average Bonchev–Trinajstić information content (AvgIpc) is 2.73. The molecule has 1 fully saturated rings. The Kier molecular flexibility index (Phi) is 5.28. The van der Waals surface area contributed by atoms with Crippen molar-refractivity contribution in [3.05, 3.63) is 69.1 Å². The van der Waals surface area contributed by atoms with Gasteiger partial charge in [0.1, 0.15) is 0 Å². The summed E-state index contributed by atoms with van der Waals surface area (Å²) in [5.74, 6) is 0.0313. The highest BCUT2D eigenvalue weighted by Gasteiger charge is 2.23. The van der Waals surface area contributed by atoms with Crippen LogP contribution in [0.3, 0.4) is 0 Å². The largest absolute Gasteiger partial charge is 0.368 e. The molecule has 0 aliphatic carbocycles. The van der Waals surface area contributed by atoms with Gasteiger partial charge in [-0.05, 0) is 30.7 Å². The highest BCUT2D eigenvalue weighted by Crippen LogP contribution is 2.25. The molecule has 150 valence electrons. The van der Waals surface area contributed by atoms with E-state index in [0.29, 0.717) is 24.2 Å². The van der Waals surface area contributed by atoms with E-state index in [1.54, 1.807) is 13.1 Å². The molecule has 1 aromatic heterocycles. The molecule has 0 saturated carbocycles. The molecule has 0 bridgehead atoms. The van der Waals surface area contributed by atoms with Gasteiger partial charge in [-0.2, -0.15) is 5.10 Å². The summed E-state index contributed by atoms with van der Waals surface area (Å²) >= 11 is 6.15. The molecule has 29 heavy (non-hydrogen) atoms. The van der Waals surface area contributed by atoms with Gasteiger partial charge in [-0.3, -0.25) is 9.59 Å². The second-order valence-corrected chi connectivity index (χ2v) is 7.83. The molecule has 3 aromatic rings. The van der Waals surface area contributed by atoms with Gasteiger partial charge in [-0.25, -0.2) is 4.68 Å². The predicted octanol–water partition coefficient (Wildman–Crippen LogP) is 2.79. The number of carbonyl (C=O) groups is 1. The molecule has 1 amide bonds. The van der Waals surface area contributed by atoms with E-state index in [4.69, 9.17) is 11.6 Å². The van der Waals surface area contributed by atoms with E-state index in [-0.39, 0.29) is 17.9 Å². The summed E-state index contributed by atoms with van der Waals surface area (Å²) in [6.07, 6.45) is 0.185. The van der Waals surface area contributed by atoms with Crippen LogP contribution < -0.4 is 10.5 Å². The molecule has 7 heteroatoms. The van der Waals surface area contributed by atoms with E-state index in [2.05, 4.69) is 16.9 Å². The number of rotatable bonds is 3. The summed E-state index contributed by atoms with van der Waals surface area (Å²) in [5.41, 5.74) is 2.79. The summed E-state index contributed by atoms with van der Waals surface area (Å²) in [6.45, 7) is 4.88. The molecule has 0 unspecified atom stereocenters. The smallest absolute Gasteiger partial charge is 0.274 e. The van der Waals surface area contributed by atoms with Gasteiger partial charge in [0, 0.05) is 49.3 Å². The number of halogens is 1. The molecule has 6 nitrogen and oxygen atoms in total. The molecule has 2 heterocycles. The molecule has 1 aliphatic heterocycles. The van der Waals surface area contributed by atoms with Crippen LogP contribution in [0.15, 0.2) is 47.3 Å².